The molecule has 0 radical (unpaired) electrons. The van der Waals surface area contributed by atoms with Crippen molar-refractivity contribution < 1.29 is 14.3 Å². The lowest BCUT2D eigenvalue weighted by atomic mass is 10.1. The highest BCUT2D eigenvalue weighted by molar-refractivity contribution is 7.14. The number of hydrogen-bond donors (Lipinski definition) is 2. The Morgan fingerprint density at radius 2 is 1.85 bits per heavy atom. The Hall–Kier alpha value is -2.34. The number of hydrogen-bond acceptors (Lipinski definition) is 4. The monoisotopic (exact) mass is 372 g/mol. The van der Waals surface area contributed by atoms with Gasteiger partial charge in [-0.05, 0) is 56.4 Å². The molecule has 0 atom stereocenters. The van der Waals surface area contributed by atoms with E-state index >= 15 is 0 Å². The van der Waals surface area contributed by atoms with Crippen LogP contribution in [0.5, 0.6) is 5.75 Å². The molecule has 2 amide bonds. The summed E-state index contributed by atoms with van der Waals surface area (Å²) >= 11 is 1.54. The zero-order valence-electron chi connectivity index (χ0n) is 15.0. The van der Waals surface area contributed by atoms with E-state index in [4.69, 9.17) is 4.74 Å². The van der Waals surface area contributed by atoms with E-state index in [1.54, 1.807) is 0 Å². The summed E-state index contributed by atoms with van der Waals surface area (Å²) in [6.07, 6.45) is 5.89. The molecule has 0 saturated heterocycles. The summed E-state index contributed by atoms with van der Waals surface area (Å²) < 4.78 is 5.52. The highest BCUT2D eigenvalue weighted by Crippen LogP contribution is 2.28. The van der Waals surface area contributed by atoms with Crippen molar-refractivity contribution >= 4 is 23.2 Å². The van der Waals surface area contributed by atoms with E-state index in [1.807, 2.05) is 37.3 Å². The highest BCUT2D eigenvalue weighted by Gasteiger charge is 2.16. The molecule has 0 fully saturated rings. The van der Waals surface area contributed by atoms with Gasteiger partial charge in [0.2, 0.25) is 5.91 Å². The maximum Gasteiger partial charge on any atom is 0.279 e. The number of thiophene rings is 1. The van der Waals surface area contributed by atoms with Crippen molar-refractivity contribution in [3.05, 3.63) is 51.2 Å². The molecule has 0 aliphatic heterocycles. The van der Waals surface area contributed by atoms with E-state index < -0.39 is 0 Å². The Kier molecular flexibility index (Phi) is 6.28. The topological polar surface area (TPSA) is 67.4 Å². The van der Waals surface area contributed by atoms with Gasteiger partial charge in [-0.2, -0.15) is 0 Å². The largest absolute Gasteiger partial charge is 0.493 e. The van der Waals surface area contributed by atoms with E-state index in [2.05, 4.69) is 10.9 Å². The molecule has 2 N–H and O–H groups in total. The molecule has 1 aromatic carbocycles. The van der Waals surface area contributed by atoms with Crippen LogP contribution in [0, 0.1) is 6.92 Å². The van der Waals surface area contributed by atoms with Crippen molar-refractivity contribution in [2.45, 2.75) is 45.4 Å². The second-order valence-electron chi connectivity index (χ2n) is 6.53. The molecule has 26 heavy (non-hydrogen) atoms. The molecule has 3 rings (SSSR count). The van der Waals surface area contributed by atoms with E-state index in [0.29, 0.717) is 4.88 Å². The van der Waals surface area contributed by atoms with E-state index in [0.717, 1.165) is 24.2 Å². The standard InChI is InChI=1S/C20H24N2O3S/c1-14-7-9-16(10-8-14)25-12-11-19(23)21-22-20(24)18-13-15-5-3-2-4-6-17(15)26-18/h7-10,13H,2-6,11-12H2,1H3,(H,21,23)(H,22,24). The first-order valence-electron chi connectivity index (χ1n) is 9.02. The van der Waals surface area contributed by atoms with Gasteiger partial charge in [-0.3, -0.25) is 20.4 Å². The zero-order valence-corrected chi connectivity index (χ0v) is 15.8. The number of hydrazine groups is 1. The van der Waals surface area contributed by atoms with Crippen LogP contribution in [-0.2, 0) is 17.6 Å². The summed E-state index contributed by atoms with van der Waals surface area (Å²) in [6.45, 7) is 2.27. The van der Waals surface area contributed by atoms with Gasteiger partial charge in [-0.15, -0.1) is 11.3 Å². The Morgan fingerprint density at radius 3 is 2.65 bits per heavy atom. The van der Waals surface area contributed by atoms with Gasteiger partial charge in [0.1, 0.15) is 5.75 Å². The lowest BCUT2D eigenvalue weighted by Crippen LogP contribution is -2.41. The van der Waals surface area contributed by atoms with Crippen LogP contribution in [0.15, 0.2) is 30.3 Å². The number of nitrogens with one attached hydrogen (secondary N) is 2. The molecule has 2 aromatic rings. The lowest BCUT2D eigenvalue weighted by molar-refractivity contribution is -0.122. The summed E-state index contributed by atoms with van der Waals surface area (Å²) in [6, 6.07) is 9.62. The van der Waals surface area contributed by atoms with Crippen molar-refractivity contribution in [3.8, 4) is 5.75 Å². The fourth-order valence-corrected chi connectivity index (χ4v) is 4.07. The Balaban J connectivity index is 1.41. The van der Waals surface area contributed by atoms with Gasteiger partial charge in [-0.25, -0.2) is 0 Å². The van der Waals surface area contributed by atoms with Gasteiger partial charge < -0.3 is 4.74 Å². The van der Waals surface area contributed by atoms with Gasteiger partial charge >= 0.3 is 0 Å². The number of ether oxygens (including phenoxy) is 1. The van der Waals surface area contributed by atoms with E-state index in [-0.39, 0.29) is 24.8 Å². The second kappa shape index (κ2) is 8.85. The summed E-state index contributed by atoms with van der Waals surface area (Å²) in [4.78, 5) is 26.1. The predicted octanol–water partition coefficient (Wildman–Crippen LogP) is 3.56. The minimum atomic E-state index is -0.274. The van der Waals surface area contributed by atoms with Crippen molar-refractivity contribution in [2.75, 3.05) is 6.61 Å². The average molecular weight is 372 g/mol. The summed E-state index contributed by atoms with van der Waals surface area (Å²) in [5.41, 5.74) is 7.40. The minimum absolute atomic E-state index is 0.176. The van der Waals surface area contributed by atoms with Crippen LogP contribution >= 0.6 is 11.3 Å². The Labute approximate surface area is 157 Å². The first-order chi connectivity index (χ1) is 12.6. The third kappa shape index (κ3) is 5.08. The molecule has 0 spiro atoms. The number of amides is 2. The fourth-order valence-electron chi connectivity index (χ4n) is 2.93. The van der Waals surface area contributed by atoms with Gasteiger partial charge in [0.15, 0.2) is 0 Å². The van der Waals surface area contributed by atoms with Crippen LogP contribution in [0.25, 0.3) is 0 Å². The summed E-state index contributed by atoms with van der Waals surface area (Å²) in [7, 11) is 0. The van der Waals surface area contributed by atoms with E-state index in [1.165, 1.54) is 41.0 Å². The first kappa shape index (κ1) is 18.5. The number of fused-ring (bicyclic) bond motifs is 1. The summed E-state index contributed by atoms with van der Waals surface area (Å²) in [5, 5.41) is 0. The van der Waals surface area contributed by atoms with Gasteiger partial charge in [0, 0.05) is 4.88 Å². The second-order valence-corrected chi connectivity index (χ2v) is 7.67. The normalized spacial score (nSPS) is 13.4. The zero-order chi connectivity index (χ0) is 18.4. The highest BCUT2D eigenvalue weighted by atomic mass is 32.1. The fraction of sp³-hybridized carbons (Fsp3) is 0.400. The van der Waals surface area contributed by atoms with Crippen molar-refractivity contribution in [3.63, 3.8) is 0 Å². The van der Waals surface area contributed by atoms with Crippen LogP contribution in [0.3, 0.4) is 0 Å². The number of aryl methyl sites for hydroxylation is 3. The molecular formula is C20H24N2O3S. The third-order valence-corrected chi connectivity index (χ3v) is 5.64. The molecule has 1 heterocycles. The number of carbonyl (C=O) groups is 2. The lowest BCUT2D eigenvalue weighted by Gasteiger charge is -2.08. The van der Waals surface area contributed by atoms with Crippen LogP contribution in [-0.4, -0.2) is 18.4 Å². The van der Waals surface area contributed by atoms with Gasteiger partial charge in [0.05, 0.1) is 17.9 Å². The quantitative estimate of drug-likeness (QED) is 0.623. The minimum Gasteiger partial charge on any atom is -0.493 e. The first-order valence-corrected chi connectivity index (χ1v) is 9.84. The number of carbonyl (C=O) groups excluding carboxylic acids is 2. The molecular weight excluding hydrogens is 348 g/mol. The smallest absolute Gasteiger partial charge is 0.279 e. The van der Waals surface area contributed by atoms with Crippen LogP contribution in [0.4, 0.5) is 0 Å². The van der Waals surface area contributed by atoms with Crippen LogP contribution in [0.2, 0.25) is 0 Å². The van der Waals surface area contributed by atoms with Gasteiger partial charge in [-0.1, -0.05) is 24.1 Å². The van der Waals surface area contributed by atoms with Crippen LogP contribution < -0.4 is 15.6 Å². The molecule has 0 saturated carbocycles. The third-order valence-electron chi connectivity index (χ3n) is 4.40. The van der Waals surface area contributed by atoms with E-state index in [9.17, 15) is 9.59 Å². The number of rotatable bonds is 5. The Morgan fingerprint density at radius 1 is 1.08 bits per heavy atom. The Bertz CT molecular complexity index is 744. The van der Waals surface area contributed by atoms with Crippen molar-refractivity contribution in [1.29, 1.82) is 0 Å². The average Bonchev–Trinajstić information content (AvgIpc) is 2.92. The molecule has 5 nitrogen and oxygen atoms in total. The van der Waals surface area contributed by atoms with Crippen LogP contribution in [0.1, 0.15) is 51.4 Å². The molecule has 1 aliphatic rings. The predicted molar refractivity (Wildman–Crippen MR) is 102 cm³/mol. The maximum absolute atomic E-state index is 12.2. The van der Waals surface area contributed by atoms with Gasteiger partial charge in [0.25, 0.3) is 5.91 Å². The van der Waals surface area contributed by atoms with Crippen molar-refractivity contribution in [2.24, 2.45) is 0 Å². The molecule has 0 unspecified atom stereocenters. The molecule has 138 valence electrons. The number of benzene rings is 1. The molecule has 6 heteroatoms. The maximum atomic E-state index is 12.2. The van der Waals surface area contributed by atoms with Crippen molar-refractivity contribution in [1.82, 2.24) is 10.9 Å². The molecule has 0 bridgehead atoms. The SMILES string of the molecule is Cc1ccc(OCCC(=O)NNC(=O)c2cc3c(s2)CCCCC3)cc1. The molecule has 1 aromatic heterocycles. The summed E-state index contributed by atoms with van der Waals surface area (Å²) in [5.74, 6) is 0.201. The molecule has 1 aliphatic carbocycles.